The second kappa shape index (κ2) is 21.9. The lowest BCUT2D eigenvalue weighted by Crippen LogP contribution is -2.95. The number of hydrogen-bond donors (Lipinski definition) is 2. The van der Waals surface area contributed by atoms with Crippen LogP contribution in [0.4, 0.5) is 0 Å². The number of Topliss-reactive ketones (excluding diaryl/α,β-unsaturated/α-hetero) is 2. The van der Waals surface area contributed by atoms with Gasteiger partial charge >= 0.3 is 0 Å². The van der Waals surface area contributed by atoms with Crippen LogP contribution in [-0.4, -0.2) is 47.7 Å². The van der Waals surface area contributed by atoms with Crippen LogP contribution in [0.2, 0.25) is 0 Å². The number of nitrogens with zero attached hydrogens (tertiary/aromatic N) is 2. The van der Waals surface area contributed by atoms with Crippen molar-refractivity contribution in [3.8, 4) is 12.1 Å². The predicted octanol–water partition coefficient (Wildman–Crippen LogP) is 2.14. The van der Waals surface area contributed by atoms with Gasteiger partial charge in [-0.15, -0.1) is 0 Å². The first-order chi connectivity index (χ1) is 22.5. The molecule has 0 bridgehead atoms. The maximum Gasteiger partial charge on any atom is 0.143 e. The quantitative estimate of drug-likeness (QED) is 0.298. The van der Waals surface area contributed by atoms with Gasteiger partial charge in [-0.2, -0.15) is 10.5 Å². The van der Waals surface area contributed by atoms with Crippen molar-refractivity contribution in [2.45, 2.75) is 179 Å². The molecule has 10 heteroatoms. The molecule has 0 radical (unpaired) electrons. The summed E-state index contributed by atoms with van der Waals surface area (Å²) in [6.07, 6.45) is 28.4. The molecule has 0 aromatic heterocycles. The molecule has 0 spiro atoms. The summed E-state index contributed by atoms with van der Waals surface area (Å²) in [4.78, 5) is 45.2. The number of carboxylic acids is 2. The molecule has 0 amide bonds. The Bertz CT molecular complexity index is 942. The van der Waals surface area contributed by atoms with E-state index in [1.54, 1.807) is 0 Å². The number of ketones is 2. The summed E-state index contributed by atoms with van der Waals surface area (Å²) < 4.78 is 0. The first kappa shape index (κ1) is 40.4. The molecule has 4 aliphatic carbocycles. The second-order valence-corrected chi connectivity index (χ2v) is 14.6. The molecule has 0 heterocycles. The van der Waals surface area contributed by atoms with E-state index >= 15 is 0 Å². The van der Waals surface area contributed by atoms with Gasteiger partial charge in [0.1, 0.15) is 11.6 Å². The maximum absolute atomic E-state index is 11.8. The molecule has 0 aromatic carbocycles. The molecule has 4 saturated carbocycles. The van der Waals surface area contributed by atoms with Crippen LogP contribution in [-0.2, 0) is 19.2 Å². The molecule has 4 aliphatic rings. The number of carbonyl (C=O) groups excluding carboxylic acids is 4. The third-order valence-corrected chi connectivity index (χ3v) is 11.0. The van der Waals surface area contributed by atoms with Gasteiger partial charge in [-0.3, -0.25) is 9.59 Å². The first-order valence-electron chi connectivity index (χ1n) is 18.4. The van der Waals surface area contributed by atoms with Gasteiger partial charge in [-0.25, -0.2) is 0 Å². The summed E-state index contributed by atoms with van der Waals surface area (Å²) in [5, 5.41) is 44.5. The van der Waals surface area contributed by atoms with Crippen molar-refractivity contribution < 1.29 is 40.0 Å². The van der Waals surface area contributed by atoms with E-state index in [0.717, 1.165) is 38.0 Å². The number of carbonyl (C=O) groups is 4. The van der Waals surface area contributed by atoms with Crippen molar-refractivity contribution in [3.05, 3.63) is 0 Å². The van der Waals surface area contributed by atoms with Gasteiger partial charge in [0.15, 0.2) is 0 Å². The van der Waals surface area contributed by atoms with Crippen molar-refractivity contribution in [3.63, 3.8) is 0 Å². The van der Waals surface area contributed by atoms with Crippen LogP contribution < -0.4 is 20.8 Å². The Hall–Kier alpha value is -2.82. The molecular weight excluding hydrogens is 596 g/mol. The lowest BCUT2D eigenvalue weighted by Gasteiger charge is -2.32. The van der Waals surface area contributed by atoms with Crippen molar-refractivity contribution >= 4 is 23.5 Å². The van der Waals surface area contributed by atoms with E-state index < -0.39 is 53.6 Å². The van der Waals surface area contributed by atoms with Crippen LogP contribution in [0.3, 0.4) is 0 Å². The molecule has 264 valence electrons. The highest BCUT2D eigenvalue weighted by Crippen LogP contribution is 2.36. The van der Waals surface area contributed by atoms with Gasteiger partial charge in [0.2, 0.25) is 0 Å². The van der Waals surface area contributed by atoms with E-state index in [4.69, 9.17) is 10.5 Å². The number of hydrogen-bond acceptors (Lipinski definition) is 8. The molecular formula is C37H60N4O6. The van der Waals surface area contributed by atoms with Gasteiger partial charge in [0, 0.05) is 0 Å². The third-order valence-electron chi connectivity index (χ3n) is 11.0. The normalized spacial score (nSPS) is 21.3. The minimum atomic E-state index is -2.05. The fourth-order valence-corrected chi connectivity index (χ4v) is 8.04. The molecule has 2 unspecified atom stereocenters. The smallest absolute Gasteiger partial charge is 0.143 e. The number of carboxylic acid groups (broad SMARTS) is 2. The molecule has 0 aliphatic heterocycles. The number of rotatable bonds is 12. The van der Waals surface area contributed by atoms with Crippen LogP contribution in [0.1, 0.15) is 155 Å². The SMILES string of the molecule is C1CCC([NH2+]C2CCCCC2)CC1.C1CCC([NH2+]C2CCCCC2)CC1.CC(=O)C(CC(C#N)C(=O)[O-])(CC(C#N)C(=O)[O-])C(C)=O. The van der Waals surface area contributed by atoms with Gasteiger partial charge in [0.25, 0.3) is 0 Å². The maximum atomic E-state index is 11.8. The van der Waals surface area contributed by atoms with E-state index in [2.05, 4.69) is 10.6 Å². The predicted molar refractivity (Wildman–Crippen MR) is 173 cm³/mol. The van der Waals surface area contributed by atoms with Crippen molar-refractivity contribution in [2.75, 3.05) is 0 Å². The number of nitriles is 2. The molecule has 4 rings (SSSR count). The summed E-state index contributed by atoms with van der Waals surface area (Å²) in [5.41, 5.74) is -2.05. The Kier molecular flexibility index (Phi) is 18.8. The average Bonchev–Trinajstić information content (AvgIpc) is 3.07. The molecule has 4 N–H and O–H groups in total. The molecule has 2 atom stereocenters. The lowest BCUT2D eigenvalue weighted by atomic mass is 9.68. The Morgan fingerprint density at radius 1 is 0.553 bits per heavy atom. The van der Waals surface area contributed by atoms with E-state index in [1.165, 1.54) is 141 Å². The number of quaternary nitrogens is 2. The van der Waals surface area contributed by atoms with Gasteiger partial charge < -0.3 is 30.4 Å². The average molecular weight is 657 g/mol. The van der Waals surface area contributed by atoms with Gasteiger partial charge in [0.05, 0.1) is 65.5 Å². The highest BCUT2D eigenvalue weighted by molar-refractivity contribution is 6.05. The van der Waals surface area contributed by atoms with Crippen molar-refractivity contribution in [1.82, 2.24) is 0 Å². The Labute approximate surface area is 282 Å². The van der Waals surface area contributed by atoms with Crippen LogP contribution in [0.25, 0.3) is 0 Å². The van der Waals surface area contributed by atoms with Crippen LogP contribution in [0.5, 0.6) is 0 Å². The van der Waals surface area contributed by atoms with E-state index in [0.29, 0.717) is 0 Å². The molecule has 0 saturated heterocycles. The van der Waals surface area contributed by atoms with E-state index in [9.17, 15) is 29.4 Å². The minimum Gasteiger partial charge on any atom is -0.549 e. The topological polar surface area (TPSA) is 195 Å². The van der Waals surface area contributed by atoms with Crippen molar-refractivity contribution in [1.29, 1.82) is 10.5 Å². The Morgan fingerprint density at radius 2 is 0.787 bits per heavy atom. The third kappa shape index (κ3) is 14.5. The van der Waals surface area contributed by atoms with E-state index in [1.807, 2.05) is 0 Å². The number of nitrogens with two attached hydrogens (primary N) is 2. The Balaban J connectivity index is 0.000000255. The molecule has 10 nitrogen and oxygen atoms in total. The van der Waals surface area contributed by atoms with Crippen LogP contribution in [0.15, 0.2) is 0 Å². The molecule has 47 heavy (non-hydrogen) atoms. The zero-order valence-electron chi connectivity index (χ0n) is 29.0. The first-order valence-corrected chi connectivity index (χ1v) is 18.4. The highest BCUT2D eigenvalue weighted by Gasteiger charge is 2.44. The zero-order valence-corrected chi connectivity index (χ0v) is 29.0. The molecule has 4 fully saturated rings. The van der Waals surface area contributed by atoms with E-state index in [-0.39, 0.29) is 0 Å². The van der Waals surface area contributed by atoms with Gasteiger partial charge in [-0.1, -0.05) is 25.7 Å². The zero-order chi connectivity index (χ0) is 34.7. The monoisotopic (exact) mass is 656 g/mol. The van der Waals surface area contributed by atoms with Crippen molar-refractivity contribution in [2.24, 2.45) is 17.3 Å². The molecule has 0 aromatic rings. The van der Waals surface area contributed by atoms with Crippen LogP contribution >= 0.6 is 0 Å². The fourth-order valence-electron chi connectivity index (χ4n) is 8.04. The largest absolute Gasteiger partial charge is 0.549 e. The van der Waals surface area contributed by atoms with Crippen LogP contribution in [0, 0.1) is 39.9 Å². The summed E-state index contributed by atoms with van der Waals surface area (Å²) in [5.74, 6) is -8.77. The summed E-state index contributed by atoms with van der Waals surface area (Å²) in [6.45, 7) is 1.93. The Morgan fingerprint density at radius 3 is 0.957 bits per heavy atom. The summed E-state index contributed by atoms with van der Waals surface area (Å²) in [7, 11) is 0. The summed E-state index contributed by atoms with van der Waals surface area (Å²) >= 11 is 0. The number of aliphatic carboxylic acids is 2. The lowest BCUT2D eigenvalue weighted by molar-refractivity contribution is -0.726. The summed E-state index contributed by atoms with van der Waals surface area (Å²) in [6, 6.07) is 6.74. The highest BCUT2D eigenvalue weighted by atomic mass is 16.4. The van der Waals surface area contributed by atoms with Gasteiger partial charge in [-0.05, 0) is 129 Å². The second-order valence-electron chi connectivity index (χ2n) is 14.6. The fraction of sp³-hybridized carbons (Fsp3) is 0.838. The minimum absolute atomic E-state index is 0.748. The standard InChI is InChI=1S/C13H14N2O6.2C12H23N/c1-7(16)13(8(2)17,3-9(5-14)11(18)19)4-10(6-15)12(20)21;2*1-3-7-11(8-4-1)13-12-9-5-2-6-10-12/h9-10H,3-4H2,1-2H3,(H,18,19)(H,20,21);2*11-13H,1-10H2.